The first-order valence-electron chi connectivity index (χ1n) is 8.06. The van der Waals surface area contributed by atoms with Crippen molar-refractivity contribution in [1.82, 2.24) is 15.3 Å². The minimum absolute atomic E-state index is 0.0524. The van der Waals surface area contributed by atoms with E-state index in [2.05, 4.69) is 31.8 Å². The van der Waals surface area contributed by atoms with Gasteiger partial charge in [-0.3, -0.25) is 9.59 Å². The van der Waals surface area contributed by atoms with Crippen LogP contribution in [-0.2, 0) is 11.8 Å². The molecule has 6 nitrogen and oxygen atoms in total. The van der Waals surface area contributed by atoms with Gasteiger partial charge in [-0.1, -0.05) is 23.5 Å². The van der Waals surface area contributed by atoms with E-state index in [1.807, 2.05) is 35.9 Å². The molecule has 2 aromatic carbocycles. The lowest BCUT2D eigenvalue weighted by atomic mass is 10.2. The minimum atomic E-state index is -0.504. The zero-order valence-corrected chi connectivity index (χ0v) is 16.7. The largest absolute Gasteiger partial charge is 0.351 e. The van der Waals surface area contributed by atoms with Gasteiger partial charge in [0.15, 0.2) is 0 Å². The molecule has 140 valence electrons. The smallest absolute Gasteiger partial charge is 0.252 e. The Bertz CT molecular complexity index is 1080. The zero-order chi connectivity index (χ0) is 19.4. The number of amides is 2. The van der Waals surface area contributed by atoms with Crippen LogP contribution in [-0.4, -0.2) is 22.9 Å². The van der Waals surface area contributed by atoms with Crippen LogP contribution in [0, 0.1) is 5.82 Å². The molecule has 9 heteroatoms. The molecule has 0 saturated carbocycles. The summed E-state index contributed by atoms with van der Waals surface area (Å²) in [7, 11) is 1.88. The van der Waals surface area contributed by atoms with Gasteiger partial charge in [0.1, 0.15) is 5.82 Å². The highest BCUT2D eigenvalue weighted by Crippen LogP contribution is 2.17. The van der Waals surface area contributed by atoms with E-state index < -0.39 is 11.7 Å². The van der Waals surface area contributed by atoms with Crippen molar-refractivity contribution >= 4 is 49.3 Å². The van der Waals surface area contributed by atoms with Crippen molar-refractivity contribution in [2.45, 2.75) is 6.42 Å². The van der Waals surface area contributed by atoms with Crippen LogP contribution in [0.4, 0.5) is 4.39 Å². The summed E-state index contributed by atoms with van der Waals surface area (Å²) in [6.45, 7) is 0.113. The van der Waals surface area contributed by atoms with Gasteiger partial charge in [-0.15, -0.1) is 5.10 Å². The number of fused-ring (bicyclic) bond motifs is 1. The average molecular weight is 451 g/mol. The number of para-hydroxylation sites is 1. The third kappa shape index (κ3) is 4.61. The van der Waals surface area contributed by atoms with Crippen molar-refractivity contribution in [3.05, 3.63) is 63.1 Å². The van der Waals surface area contributed by atoms with Crippen LogP contribution in [0.25, 0.3) is 10.2 Å². The molecule has 2 amide bonds. The van der Waals surface area contributed by atoms with Crippen LogP contribution < -0.4 is 15.5 Å². The van der Waals surface area contributed by atoms with E-state index in [4.69, 9.17) is 0 Å². The number of carbonyl (C=O) groups excluding carboxylic acids is 2. The molecule has 1 aromatic heterocycles. The van der Waals surface area contributed by atoms with Gasteiger partial charge in [0.2, 0.25) is 10.7 Å². The van der Waals surface area contributed by atoms with E-state index in [1.54, 1.807) is 0 Å². The Balaban J connectivity index is 1.56. The molecule has 0 aliphatic heterocycles. The standard InChI is InChI=1S/C18H16BrFN4O2S/c1-24-14-4-2-3-5-15(14)27-18(24)23-22-16(25)8-9-21-17(26)12-10-11(20)6-7-13(12)19/h2-7,10H,8-9H2,1H3,(H,21,26)(H,22,25)/b23-18-. The van der Waals surface area contributed by atoms with E-state index in [9.17, 15) is 14.0 Å². The molecule has 0 unspecified atom stereocenters. The summed E-state index contributed by atoms with van der Waals surface area (Å²) in [5, 5.41) is 6.72. The molecule has 0 saturated heterocycles. The summed E-state index contributed by atoms with van der Waals surface area (Å²) >= 11 is 4.67. The molecule has 3 aromatic rings. The van der Waals surface area contributed by atoms with Crippen LogP contribution in [0.2, 0.25) is 0 Å². The summed E-state index contributed by atoms with van der Waals surface area (Å²) in [6, 6.07) is 11.7. The maximum absolute atomic E-state index is 13.3. The quantitative estimate of drug-likeness (QED) is 0.586. The molecule has 0 aliphatic carbocycles. The van der Waals surface area contributed by atoms with Crippen molar-refractivity contribution < 1.29 is 14.0 Å². The highest BCUT2D eigenvalue weighted by atomic mass is 79.9. The third-order valence-electron chi connectivity index (χ3n) is 3.80. The number of carbonyl (C=O) groups is 2. The summed E-state index contributed by atoms with van der Waals surface area (Å²) in [5.41, 5.74) is 3.70. The fourth-order valence-corrected chi connectivity index (χ4v) is 3.82. The van der Waals surface area contributed by atoms with Gasteiger partial charge in [0.25, 0.3) is 5.91 Å². The first kappa shape index (κ1) is 19.2. The van der Waals surface area contributed by atoms with E-state index in [1.165, 1.54) is 23.5 Å². The SMILES string of the molecule is Cn1/c(=N/NC(=O)CCNC(=O)c2cc(F)ccc2Br)sc2ccccc21. The third-order valence-corrected chi connectivity index (χ3v) is 5.61. The normalized spacial score (nSPS) is 11.6. The molecule has 0 aliphatic rings. The van der Waals surface area contributed by atoms with Gasteiger partial charge >= 0.3 is 0 Å². The molecule has 0 atom stereocenters. The Kier molecular flexibility index (Phi) is 6.02. The predicted octanol–water partition coefficient (Wildman–Crippen LogP) is 2.89. The first-order chi connectivity index (χ1) is 13.0. The number of aromatic nitrogens is 1. The molecular weight excluding hydrogens is 435 g/mol. The Morgan fingerprint density at radius 3 is 2.81 bits per heavy atom. The van der Waals surface area contributed by atoms with Gasteiger partial charge in [-0.2, -0.15) is 0 Å². The summed E-state index contributed by atoms with van der Waals surface area (Å²) in [4.78, 5) is 24.7. The van der Waals surface area contributed by atoms with Crippen LogP contribution >= 0.6 is 27.3 Å². The van der Waals surface area contributed by atoms with E-state index in [0.717, 1.165) is 16.3 Å². The molecule has 1 heterocycles. The first-order valence-corrected chi connectivity index (χ1v) is 9.67. The maximum Gasteiger partial charge on any atom is 0.252 e. The molecule has 27 heavy (non-hydrogen) atoms. The predicted molar refractivity (Wildman–Crippen MR) is 106 cm³/mol. The number of hydrogen-bond acceptors (Lipinski definition) is 4. The number of thiazole rings is 1. The minimum Gasteiger partial charge on any atom is -0.351 e. The van der Waals surface area contributed by atoms with Crippen LogP contribution in [0.1, 0.15) is 16.8 Å². The summed E-state index contributed by atoms with van der Waals surface area (Å²) in [6.07, 6.45) is 0.0524. The van der Waals surface area contributed by atoms with Crippen molar-refractivity contribution in [1.29, 1.82) is 0 Å². The summed E-state index contributed by atoms with van der Waals surface area (Å²) in [5.74, 6) is -1.29. The molecule has 3 rings (SSSR count). The second kappa shape index (κ2) is 8.45. The van der Waals surface area contributed by atoms with Crippen LogP contribution in [0.5, 0.6) is 0 Å². The van der Waals surface area contributed by atoms with E-state index >= 15 is 0 Å². The lowest BCUT2D eigenvalue weighted by Crippen LogP contribution is -2.30. The van der Waals surface area contributed by atoms with Gasteiger partial charge in [0, 0.05) is 24.5 Å². The lowest BCUT2D eigenvalue weighted by Gasteiger charge is -2.06. The van der Waals surface area contributed by atoms with Gasteiger partial charge in [-0.25, -0.2) is 9.82 Å². The van der Waals surface area contributed by atoms with Gasteiger partial charge in [-0.05, 0) is 46.3 Å². The second-order valence-electron chi connectivity index (χ2n) is 5.69. The number of aryl methyl sites for hydroxylation is 1. The zero-order valence-electron chi connectivity index (χ0n) is 14.3. The molecule has 0 radical (unpaired) electrons. The van der Waals surface area contributed by atoms with Crippen LogP contribution in [0.3, 0.4) is 0 Å². The number of rotatable bonds is 5. The van der Waals surface area contributed by atoms with Gasteiger partial charge < -0.3 is 9.88 Å². The molecule has 0 spiro atoms. The topological polar surface area (TPSA) is 75.5 Å². The van der Waals surface area contributed by atoms with Crippen molar-refractivity contribution in [2.24, 2.45) is 12.1 Å². The Morgan fingerprint density at radius 1 is 1.26 bits per heavy atom. The van der Waals surface area contributed by atoms with Crippen molar-refractivity contribution in [3.63, 3.8) is 0 Å². The van der Waals surface area contributed by atoms with Crippen LogP contribution in [0.15, 0.2) is 52.0 Å². The van der Waals surface area contributed by atoms with Crippen molar-refractivity contribution in [2.75, 3.05) is 6.54 Å². The Hall–Kier alpha value is -2.52. The van der Waals surface area contributed by atoms with E-state index in [0.29, 0.717) is 9.27 Å². The highest BCUT2D eigenvalue weighted by Gasteiger charge is 2.11. The van der Waals surface area contributed by atoms with Crippen molar-refractivity contribution in [3.8, 4) is 0 Å². The highest BCUT2D eigenvalue weighted by molar-refractivity contribution is 9.10. The fourth-order valence-electron chi connectivity index (χ4n) is 2.41. The Morgan fingerprint density at radius 2 is 2.04 bits per heavy atom. The number of nitrogens with one attached hydrogen (secondary N) is 2. The monoisotopic (exact) mass is 450 g/mol. The average Bonchev–Trinajstić information content (AvgIpc) is 2.98. The number of halogens is 2. The van der Waals surface area contributed by atoms with E-state index in [-0.39, 0.29) is 24.4 Å². The van der Waals surface area contributed by atoms with Gasteiger partial charge in [0.05, 0.1) is 15.8 Å². The maximum atomic E-state index is 13.3. The lowest BCUT2D eigenvalue weighted by molar-refractivity contribution is -0.121. The number of benzene rings is 2. The second-order valence-corrected chi connectivity index (χ2v) is 7.55. The molecular formula is C18H16BrFN4O2S. The molecule has 0 fully saturated rings. The number of nitrogens with zero attached hydrogens (tertiary/aromatic N) is 2. The Labute approximate surface area is 166 Å². The number of hydrogen-bond donors (Lipinski definition) is 2. The molecule has 0 bridgehead atoms. The fraction of sp³-hybridized carbons (Fsp3) is 0.167. The summed E-state index contributed by atoms with van der Waals surface area (Å²) < 4.78 is 16.7. The molecule has 2 N–H and O–H groups in total.